The zero-order valence-corrected chi connectivity index (χ0v) is 10.3. The standard InChI is InChI=1S/C12H8N2O4S/c15-10-5-6-11(16)14(10)18-12(17)8-1-3-9(4-2-8)13-7-19/h1-6,15-16H. The molecule has 96 valence electrons. The second-order valence-electron chi connectivity index (χ2n) is 3.47. The fourth-order valence-corrected chi connectivity index (χ4v) is 1.46. The average molecular weight is 276 g/mol. The normalized spacial score (nSPS) is 9.68. The highest BCUT2D eigenvalue weighted by atomic mass is 32.1. The molecule has 1 aromatic carbocycles. The van der Waals surface area contributed by atoms with Gasteiger partial charge in [0.1, 0.15) is 0 Å². The summed E-state index contributed by atoms with van der Waals surface area (Å²) in [4.78, 5) is 20.3. The van der Waals surface area contributed by atoms with Crippen molar-refractivity contribution in [1.29, 1.82) is 0 Å². The fraction of sp³-hybridized carbons (Fsp3) is 0. The predicted molar refractivity (Wildman–Crippen MR) is 69.8 cm³/mol. The smallest absolute Gasteiger partial charge is 0.363 e. The van der Waals surface area contributed by atoms with E-state index in [1.807, 2.05) is 0 Å². The molecule has 0 bridgehead atoms. The van der Waals surface area contributed by atoms with Gasteiger partial charge in [0.05, 0.1) is 16.4 Å². The molecule has 2 aromatic rings. The van der Waals surface area contributed by atoms with Gasteiger partial charge in [-0.1, -0.05) is 0 Å². The van der Waals surface area contributed by atoms with E-state index in [2.05, 4.69) is 22.4 Å². The van der Waals surface area contributed by atoms with Crippen LogP contribution in [-0.2, 0) is 0 Å². The minimum Gasteiger partial charge on any atom is -0.492 e. The van der Waals surface area contributed by atoms with Gasteiger partial charge in [-0.3, -0.25) is 0 Å². The SMILES string of the molecule is O=C(On1c(O)ccc1O)c1ccc(N=C=S)cc1. The van der Waals surface area contributed by atoms with Crippen LogP contribution in [0.25, 0.3) is 0 Å². The van der Waals surface area contributed by atoms with Crippen LogP contribution in [0.2, 0.25) is 0 Å². The lowest BCUT2D eigenvalue weighted by atomic mass is 10.2. The molecule has 0 aliphatic heterocycles. The largest absolute Gasteiger partial charge is 0.492 e. The van der Waals surface area contributed by atoms with Crippen LogP contribution in [0.1, 0.15) is 10.4 Å². The Hall–Kier alpha value is -2.63. The number of aromatic nitrogens is 1. The van der Waals surface area contributed by atoms with Crippen LogP contribution in [0, 0.1) is 0 Å². The number of rotatable bonds is 3. The van der Waals surface area contributed by atoms with E-state index in [1.165, 1.54) is 24.3 Å². The molecule has 0 aliphatic rings. The molecule has 0 fully saturated rings. The van der Waals surface area contributed by atoms with Gasteiger partial charge < -0.3 is 15.1 Å². The number of nitrogens with zero attached hydrogens (tertiary/aromatic N) is 2. The molecule has 6 nitrogen and oxygen atoms in total. The number of aliphatic imine (C=N–C) groups is 1. The molecule has 0 radical (unpaired) electrons. The van der Waals surface area contributed by atoms with E-state index in [-0.39, 0.29) is 17.3 Å². The number of benzene rings is 1. The molecule has 0 amide bonds. The van der Waals surface area contributed by atoms with Gasteiger partial charge in [0.2, 0.25) is 11.8 Å². The van der Waals surface area contributed by atoms with Crippen LogP contribution >= 0.6 is 12.2 Å². The molecular formula is C12H8N2O4S. The summed E-state index contributed by atoms with van der Waals surface area (Å²) < 4.78 is 0.616. The first-order chi connectivity index (χ1) is 9.11. The Labute approximate surface area is 113 Å². The molecule has 1 aromatic heterocycles. The van der Waals surface area contributed by atoms with Gasteiger partial charge in [-0.05, 0) is 36.5 Å². The number of isothiocyanates is 1. The summed E-state index contributed by atoms with van der Waals surface area (Å²) in [7, 11) is 0. The molecule has 0 atom stereocenters. The van der Waals surface area contributed by atoms with E-state index in [9.17, 15) is 15.0 Å². The number of hydrogen-bond donors (Lipinski definition) is 2. The maximum Gasteiger partial charge on any atom is 0.363 e. The van der Waals surface area contributed by atoms with Gasteiger partial charge >= 0.3 is 5.97 Å². The van der Waals surface area contributed by atoms with Crippen LogP contribution in [0.3, 0.4) is 0 Å². The molecule has 0 saturated heterocycles. The van der Waals surface area contributed by atoms with Crippen molar-refractivity contribution >= 4 is 29.0 Å². The first kappa shape index (κ1) is 12.8. The minimum atomic E-state index is -0.736. The minimum absolute atomic E-state index is 0.232. The third kappa shape index (κ3) is 2.79. The molecule has 2 rings (SSSR count). The Balaban J connectivity index is 2.18. The van der Waals surface area contributed by atoms with Crippen LogP contribution in [0.15, 0.2) is 41.4 Å². The van der Waals surface area contributed by atoms with Crippen molar-refractivity contribution in [1.82, 2.24) is 4.73 Å². The van der Waals surface area contributed by atoms with Crippen molar-refractivity contribution in [2.24, 2.45) is 4.99 Å². The Kier molecular flexibility index (Phi) is 3.61. The number of hydrogen-bond acceptors (Lipinski definition) is 6. The Morgan fingerprint density at radius 1 is 1.16 bits per heavy atom. The van der Waals surface area contributed by atoms with Crippen molar-refractivity contribution in [2.75, 3.05) is 0 Å². The maximum atomic E-state index is 11.8. The van der Waals surface area contributed by atoms with Gasteiger partial charge in [-0.15, -0.1) is 4.73 Å². The quantitative estimate of drug-likeness (QED) is 0.660. The van der Waals surface area contributed by atoms with Gasteiger partial charge in [0.25, 0.3) is 0 Å². The monoisotopic (exact) mass is 276 g/mol. The first-order valence-corrected chi connectivity index (χ1v) is 5.53. The second kappa shape index (κ2) is 5.34. The molecule has 0 saturated carbocycles. The number of carbonyl (C=O) groups is 1. The zero-order chi connectivity index (χ0) is 13.8. The van der Waals surface area contributed by atoms with E-state index in [0.717, 1.165) is 0 Å². The zero-order valence-electron chi connectivity index (χ0n) is 9.48. The molecule has 7 heteroatoms. The number of carbonyl (C=O) groups excluding carboxylic acids is 1. The molecule has 0 aliphatic carbocycles. The third-order valence-electron chi connectivity index (χ3n) is 2.25. The molecule has 19 heavy (non-hydrogen) atoms. The van der Waals surface area contributed by atoms with Crippen molar-refractivity contribution in [3.8, 4) is 11.8 Å². The van der Waals surface area contributed by atoms with E-state index >= 15 is 0 Å². The van der Waals surface area contributed by atoms with Crippen molar-refractivity contribution in [2.45, 2.75) is 0 Å². The molecule has 0 spiro atoms. The highest BCUT2D eigenvalue weighted by Gasteiger charge is 2.13. The van der Waals surface area contributed by atoms with Gasteiger partial charge in [-0.2, -0.15) is 4.99 Å². The van der Waals surface area contributed by atoms with Crippen molar-refractivity contribution in [3.63, 3.8) is 0 Å². The highest BCUT2D eigenvalue weighted by molar-refractivity contribution is 7.78. The lowest BCUT2D eigenvalue weighted by Crippen LogP contribution is -2.18. The number of aromatic hydroxyl groups is 2. The molecular weight excluding hydrogens is 268 g/mol. The summed E-state index contributed by atoms with van der Waals surface area (Å²) in [6.45, 7) is 0. The summed E-state index contributed by atoms with van der Waals surface area (Å²) in [5.74, 6) is -1.50. The second-order valence-corrected chi connectivity index (χ2v) is 3.66. The summed E-state index contributed by atoms with van der Waals surface area (Å²) in [5, 5.41) is 20.9. The topological polar surface area (TPSA) is 84.0 Å². The highest BCUT2D eigenvalue weighted by Crippen LogP contribution is 2.19. The molecule has 1 heterocycles. The first-order valence-electron chi connectivity index (χ1n) is 5.12. The van der Waals surface area contributed by atoms with E-state index in [0.29, 0.717) is 10.4 Å². The average Bonchev–Trinajstić information content (AvgIpc) is 2.72. The lowest BCUT2D eigenvalue weighted by Gasteiger charge is -2.06. The van der Waals surface area contributed by atoms with E-state index in [4.69, 9.17) is 4.84 Å². The van der Waals surface area contributed by atoms with Gasteiger partial charge in [-0.25, -0.2) is 4.79 Å². The fourth-order valence-electron chi connectivity index (χ4n) is 1.36. The summed E-state index contributed by atoms with van der Waals surface area (Å²) in [6, 6.07) is 8.47. The third-order valence-corrected chi connectivity index (χ3v) is 2.34. The van der Waals surface area contributed by atoms with Crippen molar-refractivity contribution in [3.05, 3.63) is 42.0 Å². The Bertz CT molecular complexity index is 637. The van der Waals surface area contributed by atoms with Gasteiger partial charge in [0.15, 0.2) is 0 Å². The summed E-state index contributed by atoms with van der Waals surface area (Å²) in [6.07, 6.45) is 0. The maximum absolute atomic E-state index is 11.8. The van der Waals surface area contributed by atoms with E-state index < -0.39 is 5.97 Å². The van der Waals surface area contributed by atoms with Gasteiger partial charge in [0, 0.05) is 12.1 Å². The summed E-state index contributed by atoms with van der Waals surface area (Å²) >= 11 is 4.46. The lowest BCUT2D eigenvalue weighted by molar-refractivity contribution is 0.0382. The molecule has 2 N–H and O–H groups in total. The van der Waals surface area contributed by atoms with Crippen LogP contribution in [-0.4, -0.2) is 26.1 Å². The van der Waals surface area contributed by atoms with Crippen LogP contribution in [0.4, 0.5) is 5.69 Å². The number of thiocarbonyl (C=S) groups is 1. The van der Waals surface area contributed by atoms with Crippen molar-refractivity contribution < 1.29 is 19.8 Å². The Morgan fingerprint density at radius 2 is 1.74 bits per heavy atom. The van der Waals surface area contributed by atoms with Crippen LogP contribution in [0.5, 0.6) is 11.8 Å². The Morgan fingerprint density at radius 3 is 2.26 bits per heavy atom. The summed E-state index contributed by atoms with van der Waals surface area (Å²) in [5.41, 5.74) is 0.786. The molecule has 0 unspecified atom stereocenters. The van der Waals surface area contributed by atoms with Crippen LogP contribution < -0.4 is 4.84 Å². The van der Waals surface area contributed by atoms with E-state index in [1.54, 1.807) is 12.1 Å². The predicted octanol–water partition coefficient (Wildman–Crippen LogP) is 1.90.